The van der Waals surface area contributed by atoms with Gasteiger partial charge in [-0.15, -0.1) is 0 Å². The lowest BCUT2D eigenvalue weighted by atomic mass is 9.31. The summed E-state index contributed by atoms with van der Waals surface area (Å²) in [6.07, 6.45) is 5.99. The first kappa shape index (κ1) is 30.2. The quantitative estimate of drug-likeness (QED) is 0.342. The highest BCUT2D eigenvalue weighted by atomic mass is 19.4. The van der Waals surface area contributed by atoms with Gasteiger partial charge in [0.05, 0.1) is 5.41 Å². The fourth-order valence-corrected chi connectivity index (χ4v) is 12.1. The molecule has 40 heavy (non-hydrogen) atoms. The summed E-state index contributed by atoms with van der Waals surface area (Å²) in [5.74, 6) is 1.40. The van der Waals surface area contributed by atoms with Crippen LogP contribution in [0.3, 0.4) is 0 Å². The molecule has 0 bridgehead atoms. The summed E-state index contributed by atoms with van der Waals surface area (Å²) >= 11 is 0. The van der Waals surface area contributed by atoms with Crippen LogP contribution in [0.2, 0.25) is 0 Å². The maximum atomic E-state index is 13.7. The van der Waals surface area contributed by atoms with E-state index in [0.717, 1.165) is 31.3 Å². The van der Waals surface area contributed by atoms with Crippen molar-refractivity contribution in [3.63, 3.8) is 0 Å². The molecule has 0 aromatic carbocycles. The van der Waals surface area contributed by atoms with E-state index in [-0.39, 0.29) is 44.8 Å². The van der Waals surface area contributed by atoms with Gasteiger partial charge in [0.25, 0.3) is 0 Å². The lowest BCUT2D eigenvalue weighted by molar-refractivity contribution is -0.225. The largest absolute Gasteiger partial charge is 0.405 e. The van der Waals surface area contributed by atoms with Crippen molar-refractivity contribution in [3.05, 3.63) is 23.8 Å². The SMILES string of the molecule is C=C(C)C1CCC2(C(=O)NCC(F)(F)F)CCC3(C)C(CCC4C5(C)C=C(C)C(C)(C)C(C)(C)C5CCC43C)C12. The van der Waals surface area contributed by atoms with Crippen LogP contribution < -0.4 is 5.32 Å². The fraction of sp³-hybridized carbons (Fsp3) is 0.857. The molecule has 0 radical (unpaired) electrons. The van der Waals surface area contributed by atoms with E-state index in [1.54, 1.807) is 0 Å². The number of amides is 1. The normalized spacial score (nSPS) is 47.2. The number of nitrogens with one attached hydrogen (secondary N) is 1. The predicted octanol–water partition coefficient (Wildman–Crippen LogP) is 9.51. The minimum Gasteiger partial charge on any atom is -0.346 e. The van der Waals surface area contributed by atoms with Crippen LogP contribution in [-0.2, 0) is 4.79 Å². The fourth-order valence-electron chi connectivity index (χ4n) is 12.1. The Hall–Kier alpha value is -1.26. The van der Waals surface area contributed by atoms with Crippen LogP contribution in [0.1, 0.15) is 114 Å². The molecule has 226 valence electrons. The number of rotatable bonds is 3. The Morgan fingerprint density at radius 3 is 2.17 bits per heavy atom. The number of allylic oxidation sites excluding steroid dienone is 3. The zero-order chi connectivity index (χ0) is 29.9. The molecule has 2 nitrogen and oxygen atoms in total. The van der Waals surface area contributed by atoms with E-state index in [4.69, 9.17) is 0 Å². The summed E-state index contributed by atoms with van der Waals surface area (Å²) in [6.45, 7) is 25.0. The molecule has 4 fully saturated rings. The zero-order valence-electron chi connectivity index (χ0n) is 26.6. The van der Waals surface area contributed by atoms with Crippen molar-refractivity contribution in [1.82, 2.24) is 5.32 Å². The third-order valence-corrected chi connectivity index (χ3v) is 15.1. The summed E-state index contributed by atoms with van der Waals surface area (Å²) < 4.78 is 39.5. The lowest BCUT2D eigenvalue weighted by Gasteiger charge is -2.73. The van der Waals surface area contributed by atoms with E-state index in [1.165, 1.54) is 18.4 Å². The van der Waals surface area contributed by atoms with Crippen LogP contribution in [0, 0.1) is 62.1 Å². The first-order valence-corrected chi connectivity index (χ1v) is 15.9. The van der Waals surface area contributed by atoms with E-state index in [9.17, 15) is 18.0 Å². The maximum absolute atomic E-state index is 13.7. The number of carbonyl (C=O) groups is 1. The summed E-state index contributed by atoms with van der Waals surface area (Å²) in [5.41, 5.74) is 2.51. The Labute approximate surface area is 241 Å². The molecule has 9 atom stereocenters. The molecule has 5 rings (SSSR count). The van der Waals surface area contributed by atoms with Crippen LogP contribution in [0.15, 0.2) is 23.8 Å². The number of hydrogen-bond donors (Lipinski definition) is 1. The molecule has 0 saturated heterocycles. The molecule has 0 aromatic heterocycles. The van der Waals surface area contributed by atoms with Gasteiger partial charge < -0.3 is 5.32 Å². The van der Waals surface area contributed by atoms with Crippen LogP contribution >= 0.6 is 0 Å². The number of halogens is 3. The number of hydrogen-bond acceptors (Lipinski definition) is 1. The van der Waals surface area contributed by atoms with Gasteiger partial charge in [-0.25, -0.2) is 0 Å². The Morgan fingerprint density at radius 1 is 0.925 bits per heavy atom. The Bertz CT molecular complexity index is 1120. The minimum atomic E-state index is -4.40. The summed E-state index contributed by atoms with van der Waals surface area (Å²) in [4.78, 5) is 13.7. The first-order chi connectivity index (χ1) is 18.2. The van der Waals surface area contributed by atoms with Gasteiger partial charge in [0.1, 0.15) is 6.54 Å². The van der Waals surface area contributed by atoms with Crippen molar-refractivity contribution >= 4 is 5.91 Å². The molecule has 0 spiro atoms. The highest BCUT2D eigenvalue weighted by Crippen LogP contribution is 2.78. The van der Waals surface area contributed by atoms with Gasteiger partial charge >= 0.3 is 6.18 Å². The smallest absolute Gasteiger partial charge is 0.346 e. The molecule has 5 aliphatic carbocycles. The summed E-state index contributed by atoms with van der Waals surface area (Å²) in [6, 6.07) is 0. The maximum Gasteiger partial charge on any atom is 0.405 e. The van der Waals surface area contributed by atoms with Crippen LogP contribution in [-0.4, -0.2) is 18.6 Å². The van der Waals surface area contributed by atoms with E-state index >= 15 is 0 Å². The number of fused-ring (bicyclic) bond motifs is 7. The zero-order valence-corrected chi connectivity index (χ0v) is 26.6. The standard InChI is InChI=1S/C35H54F3NO/c1-21(2)23-13-16-34(28(40)39-20-35(36,37)38)18-17-32(9)24(27(23)34)11-12-26-31(8)19-22(3)29(4,5)30(6,7)25(31)14-15-33(26,32)10/h19,23-27H,1,11-18,20H2,2-10H3,(H,39,40). The van der Waals surface area contributed by atoms with Crippen LogP contribution in [0.25, 0.3) is 0 Å². The van der Waals surface area contributed by atoms with Crippen molar-refractivity contribution in [3.8, 4) is 0 Å². The van der Waals surface area contributed by atoms with Crippen LogP contribution in [0.4, 0.5) is 13.2 Å². The van der Waals surface area contributed by atoms with Gasteiger partial charge in [-0.3, -0.25) is 4.79 Å². The molecule has 1 amide bonds. The van der Waals surface area contributed by atoms with E-state index in [2.05, 4.69) is 80.3 Å². The van der Waals surface area contributed by atoms with Crippen molar-refractivity contribution in [2.45, 2.75) is 120 Å². The second-order valence-corrected chi connectivity index (χ2v) is 16.7. The highest BCUT2D eigenvalue weighted by molar-refractivity contribution is 5.84. The minimum absolute atomic E-state index is 0.0409. The average molecular weight is 562 g/mol. The highest BCUT2D eigenvalue weighted by Gasteiger charge is 2.72. The summed E-state index contributed by atoms with van der Waals surface area (Å²) in [5, 5.41) is 2.35. The van der Waals surface area contributed by atoms with E-state index in [1.807, 2.05) is 0 Å². The Kier molecular flexibility index (Phi) is 6.71. The van der Waals surface area contributed by atoms with E-state index < -0.39 is 18.1 Å². The molecular weight excluding hydrogens is 507 g/mol. The van der Waals surface area contributed by atoms with Crippen LogP contribution in [0.5, 0.6) is 0 Å². The molecule has 9 unspecified atom stereocenters. The van der Waals surface area contributed by atoms with Gasteiger partial charge in [0.2, 0.25) is 5.91 Å². The first-order valence-electron chi connectivity index (χ1n) is 15.9. The van der Waals surface area contributed by atoms with Gasteiger partial charge in [0, 0.05) is 0 Å². The number of alkyl halides is 3. The van der Waals surface area contributed by atoms with Gasteiger partial charge in [-0.1, -0.05) is 72.3 Å². The second kappa shape index (κ2) is 8.88. The topological polar surface area (TPSA) is 29.1 Å². The average Bonchev–Trinajstić information content (AvgIpc) is 3.23. The van der Waals surface area contributed by atoms with Crippen molar-refractivity contribution in [1.29, 1.82) is 0 Å². The summed E-state index contributed by atoms with van der Waals surface area (Å²) in [7, 11) is 0. The third-order valence-electron chi connectivity index (χ3n) is 15.1. The van der Waals surface area contributed by atoms with Crippen molar-refractivity contribution in [2.24, 2.45) is 62.1 Å². The molecule has 5 aliphatic rings. The predicted molar refractivity (Wildman–Crippen MR) is 156 cm³/mol. The molecule has 0 aliphatic heterocycles. The third kappa shape index (κ3) is 3.76. The monoisotopic (exact) mass is 561 g/mol. The Morgan fingerprint density at radius 2 is 1.57 bits per heavy atom. The van der Waals surface area contributed by atoms with E-state index in [0.29, 0.717) is 30.6 Å². The molecule has 4 saturated carbocycles. The van der Waals surface area contributed by atoms with Gasteiger partial charge in [-0.2, -0.15) is 13.2 Å². The molecule has 0 aromatic rings. The number of carbonyl (C=O) groups excluding carboxylic acids is 1. The lowest BCUT2D eigenvalue weighted by Crippen LogP contribution is -2.67. The van der Waals surface area contributed by atoms with Gasteiger partial charge in [-0.05, 0) is 122 Å². The molecular formula is C35H54F3NO. The van der Waals surface area contributed by atoms with Gasteiger partial charge in [0.15, 0.2) is 0 Å². The van der Waals surface area contributed by atoms with Crippen molar-refractivity contribution < 1.29 is 18.0 Å². The molecule has 5 heteroatoms. The second-order valence-electron chi connectivity index (χ2n) is 16.7. The molecule has 1 N–H and O–H groups in total. The Balaban J connectivity index is 1.56. The molecule has 0 heterocycles. The van der Waals surface area contributed by atoms with Crippen molar-refractivity contribution in [2.75, 3.05) is 6.54 Å².